The molecule has 4 rings (SSSR count). The molecule has 1 aromatic carbocycles. The Hall–Kier alpha value is -2.70. The molecule has 32 heavy (non-hydrogen) atoms. The van der Waals surface area contributed by atoms with Crippen molar-refractivity contribution < 1.29 is 33.8 Å². The molecule has 0 amide bonds. The van der Waals surface area contributed by atoms with Gasteiger partial charge >= 0.3 is 11.9 Å². The number of ketones is 2. The third-order valence-corrected chi connectivity index (χ3v) is 8.07. The van der Waals surface area contributed by atoms with Gasteiger partial charge in [0, 0.05) is 31.6 Å². The molecule has 0 heterocycles. The molecule has 0 radical (unpaired) electrons. The van der Waals surface area contributed by atoms with Crippen molar-refractivity contribution in [1.29, 1.82) is 0 Å². The Morgan fingerprint density at radius 3 is 2.59 bits per heavy atom. The van der Waals surface area contributed by atoms with Crippen LogP contribution in [0.2, 0.25) is 0 Å². The fourth-order valence-corrected chi connectivity index (χ4v) is 6.64. The molecule has 0 aromatic heterocycles. The molecule has 0 unspecified atom stereocenters. The largest absolute Gasteiger partial charge is 0.508 e. The fraction of sp³-hybridized carbons (Fsp3) is 0.600. The molecule has 1 N–H and O–H groups in total. The highest BCUT2D eigenvalue weighted by atomic mass is 16.5. The van der Waals surface area contributed by atoms with Crippen molar-refractivity contribution >= 4 is 23.5 Å². The number of esters is 2. The number of ether oxygens (including phenoxy) is 2. The number of aromatic hydroxyl groups is 1. The second-order valence-electron chi connectivity index (χ2n) is 9.80. The maximum Gasteiger partial charge on any atom is 0.309 e. The van der Waals surface area contributed by atoms with Gasteiger partial charge < -0.3 is 14.6 Å². The molecular formula is C25H30O7. The van der Waals surface area contributed by atoms with Crippen LogP contribution in [0.4, 0.5) is 0 Å². The van der Waals surface area contributed by atoms with E-state index in [4.69, 9.17) is 9.47 Å². The van der Waals surface area contributed by atoms with Crippen LogP contribution in [0.5, 0.6) is 5.75 Å². The van der Waals surface area contributed by atoms with Crippen molar-refractivity contribution in [2.45, 2.75) is 58.0 Å². The molecule has 0 spiro atoms. The smallest absolute Gasteiger partial charge is 0.309 e. The number of rotatable bonds is 3. The van der Waals surface area contributed by atoms with Crippen molar-refractivity contribution in [2.75, 3.05) is 7.11 Å². The van der Waals surface area contributed by atoms with Gasteiger partial charge in [0.1, 0.15) is 11.5 Å². The number of carbonyl (C=O) groups is 4. The summed E-state index contributed by atoms with van der Waals surface area (Å²) in [4.78, 5) is 51.2. The predicted molar refractivity (Wildman–Crippen MR) is 114 cm³/mol. The van der Waals surface area contributed by atoms with Crippen LogP contribution in [0.3, 0.4) is 0 Å². The number of carbonyl (C=O) groups excluding carboxylic acids is 4. The zero-order valence-electron chi connectivity index (χ0n) is 18.7. The first kappa shape index (κ1) is 22.5. The van der Waals surface area contributed by atoms with E-state index in [-0.39, 0.29) is 41.5 Å². The summed E-state index contributed by atoms with van der Waals surface area (Å²) in [6.45, 7) is 3.19. The molecule has 0 bridgehead atoms. The Balaban J connectivity index is 1.73. The fourth-order valence-electron chi connectivity index (χ4n) is 6.64. The molecule has 172 valence electrons. The van der Waals surface area contributed by atoms with Crippen LogP contribution < -0.4 is 0 Å². The zero-order chi connectivity index (χ0) is 23.2. The lowest BCUT2D eigenvalue weighted by atomic mass is 9.46. The lowest BCUT2D eigenvalue weighted by Crippen LogP contribution is -2.60. The first-order valence-electron chi connectivity index (χ1n) is 11.3. The molecule has 3 saturated carbocycles. The molecule has 3 fully saturated rings. The van der Waals surface area contributed by atoms with Gasteiger partial charge in [0.2, 0.25) is 0 Å². The minimum absolute atomic E-state index is 0.111. The topological polar surface area (TPSA) is 107 Å². The number of Topliss-reactive ketones (excluding diaryl/α,β-unsaturated/α-hetero) is 2. The van der Waals surface area contributed by atoms with Gasteiger partial charge in [-0.2, -0.15) is 0 Å². The summed E-state index contributed by atoms with van der Waals surface area (Å²) >= 11 is 0. The van der Waals surface area contributed by atoms with Crippen LogP contribution in [0.15, 0.2) is 24.3 Å². The Morgan fingerprint density at radius 2 is 1.94 bits per heavy atom. The monoisotopic (exact) mass is 442 g/mol. The van der Waals surface area contributed by atoms with Gasteiger partial charge in [0.05, 0.1) is 13.0 Å². The number of benzene rings is 1. The summed E-state index contributed by atoms with van der Waals surface area (Å²) in [7, 11) is 1.33. The van der Waals surface area contributed by atoms with Gasteiger partial charge in [-0.15, -0.1) is 0 Å². The first-order chi connectivity index (χ1) is 15.2. The number of phenols is 1. The van der Waals surface area contributed by atoms with Crippen LogP contribution in [0.1, 0.15) is 57.4 Å². The minimum atomic E-state index is -1.01. The lowest BCUT2D eigenvalue weighted by Gasteiger charge is -2.56. The van der Waals surface area contributed by atoms with Crippen molar-refractivity contribution in [2.24, 2.45) is 29.1 Å². The second kappa shape index (κ2) is 8.34. The van der Waals surface area contributed by atoms with Crippen LogP contribution in [-0.4, -0.2) is 41.8 Å². The van der Waals surface area contributed by atoms with E-state index in [1.807, 2.05) is 13.0 Å². The summed E-state index contributed by atoms with van der Waals surface area (Å²) in [5.74, 6) is -2.69. The van der Waals surface area contributed by atoms with E-state index in [0.717, 1.165) is 5.56 Å². The van der Waals surface area contributed by atoms with E-state index in [9.17, 15) is 24.3 Å². The van der Waals surface area contributed by atoms with Gasteiger partial charge in [-0.05, 0) is 54.2 Å². The predicted octanol–water partition coefficient (Wildman–Crippen LogP) is 3.18. The molecule has 7 atom stereocenters. The lowest BCUT2D eigenvalue weighted by molar-refractivity contribution is -0.183. The SMILES string of the molecule is COC(=O)[C@@H]1C[C@H](OC(C)=O)C(=O)[C@@H]2[C@H]3C[C@@H](c4cccc(O)c4)CC(=O)[C@@H]3CC[C@]21C. The van der Waals surface area contributed by atoms with E-state index in [0.29, 0.717) is 25.7 Å². The summed E-state index contributed by atoms with van der Waals surface area (Å²) < 4.78 is 10.4. The van der Waals surface area contributed by atoms with Crippen LogP contribution in [0, 0.1) is 29.1 Å². The van der Waals surface area contributed by atoms with Crippen molar-refractivity contribution in [3.8, 4) is 5.75 Å². The van der Waals surface area contributed by atoms with Crippen molar-refractivity contribution in [3.63, 3.8) is 0 Å². The zero-order valence-corrected chi connectivity index (χ0v) is 18.7. The van der Waals surface area contributed by atoms with Crippen molar-refractivity contribution in [1.82, 2.24) is 0 Å². The quantitative estimate of drug-likeness (QED) is 0.717. The minimum Gasteiger partial charge on any atom is -0.508 e. The Labute approximate surface area is 187 Å². The average Bonchev–Trinajstić information content (AvgIpc) is 2.74. The van der Waals surface area contributed by atoms with Crippen LogP contribution in [0.25, 0.3) is 0 Å². The third kappa shape index (κ3) is 3.71. The molecule has 0 aliphatic heterocycles. The van der Waals surface area contributed by atoms with E-state index < -0.39 is 35.3 Å². The standard InChI is InChI=1S/C25H30O7/c1-13(26)32-21-12-19(24(30)31-3)25(2)8-7-17-18(22(25)23(21)29)10-15(11-20(17)28)14-5-4-6-16(27)9-14/h4-6,9,15,17-19,21-22,27H,7-8,10-12H2,1-3H3/t15-,17-,18+,19+,21+,22+,25+/m1/s1. The van der Waals surface area contributed by atoms with E-state index in [1.165, 1.54) is 14.0 Å². The van der Waals surface area contributed by atoms with Gasteiger partial charge in [0.25, 0.3) is 0 Å². The van der Waals surface area contributed by atoms with Crippen LogP contribution >= 0.6 is 0 Å². The summed E-state index contributed by atoms with van der Waals surface area (Å²) in [6.07, 6.45) is 1.27. The van der Waals surface area contributed by atoms with Gasteiger partial charge in [-0.25, -0.2) is 0 Å². The maximum absolute atomic E-state index is 13.6. The summed E-state index contributed by atoms with van der Waals surface area (Å²) in [5.41, 5.74) is 0.205. The second-order valence-corrected chi connectivity index (χ2v) is 9.80. The molecular weight excluding hydrogens is 412 g/mol. The summed E-state index contributed by atoms with van der Waals surface area (Å²) in [5, 5.41) is 9.92. The molecule has 3 aliphatic rings. The Morgan fingerprint density at radius 1 is 1.19 bits per heavy atom. The molecule has 1 aromatic rings. The first-order valence-corrected chi connectivity index (χ1v) is 11.3. The Bertz CT molecular complexity index is 953. The molecule has 0 saturated heterocycles. The van der Waals surface area contributed by atoms with E-state index >= 15 is 0 Å². The highest BCUT2D eigenvalue weighted by Crippen LogP contribution is 2.60. The average molecular weight is 443 g/mol. The number of hydrogen-bond acceptors (Lipinski definition) is 7. The van der Waals surface area contributed by atoms with E-state index in [1.54, 1.807) is 18.2 Å². The number of methoxy groups -OCH3 is 1. The molecule has 7 heteroatoms. The number of hydrogen-bond donors (Lipinski definition) is 1. The van der Waals surface area contributed by atoms with Crippen LogP contribution in [-0.2, 0) is 28.7 Å². The Kier molecular flexibility index (Phi) is 5.86. The van der Waals surface area contributed by atoms with Gasteiger partial charge in [-0.3, -0.25) is 19.2 Å². The number of phenolic OH excluding ortho intramolecular Hbond substituents is 1. The normalized spacial score (nSPS) is 36.6. The maximum atomic E-state index is 13.6. The highest BCUT2D eigenvalue weighted by molar-refractivity contribution is 5.93. The molecule has 3 aliphatic carbocycles. The third-order valence-electron chi connectivity index (χ3n) is 8.07. The van der Waals surface area contributed by atoms with Gasteiger partial charge in [-0.1, -0.05) is 19.1 Å². The van der Waals surface area contributed by atoms with Crippen molar-refractivity contribution in [3.05, 3.63) is 29.8 Å². The number of fused-ring (bicyclic) bond motifs is 3. The highest BCUT2D eigenvalue weighted by Gasteiger charge is 2.62. The molecule has 7 nitrogen and oxygen atoms in total. The van der Waals surface area contributed by atoms with E-state index in [2.05, 4.69) is 0 Å². The summed E-state index contributed by atoms with van der Waals surface area (Å²) in [6, 6.07) is 6.90. The van der Waals surface area contributed by atoms with Gasteiger partial charge in [0.15, 0.2) is 11.9 Å².